The molecule has 1 aromatic carbocycles. The third-order valence-corrected chi connectivity index (χ3v) is 7.10. The molecule has 2 radical (unpaired) electrons. The van der Waals surface area contributed by atoms with E-state index in [9.17, 15) is 13.2 Å². The SMILES string of the molecule is [B]c1cc(Br)cc(C(=O)NCC2CCN(CCNS(=O)(=O)C(C)C)CC2)c1. The second-order valence-corrected chi connectivity index (χ2v) is 10.5. The summed E-state index contributed by atoms with van der Waals surface area (Å²) in [5, 5.41) is 2.58. The number of benzene rings is 1. The van der Waals surface area contributed by atoms with E-state index in [1.165, 1.54) is 0 Å². The Labute approximate surface area is 172 Å². The van der Waals surface area contributed by atoms with Crippen molar-refractivity contribution >= 4 is 45.2 Å². The molecule has 2 rings (SSSR count). The average molecular weight is 456 g/mol. The Morgan fingerprint density at radius 1 is 1.30 bits per heavy atom. The van der Waals surface area contributed by atoms with Crippen LogP contribution in [-0.4, -0.2) is 65.0 Å². The molecule has 0 bridgehead atoms. The van der Waals surface area contributed by atoms with E-state index in [4.69, 9.17) is 7.85 Å². The number of likely N-dealkylation sites (tertiary alicyclic amines) is 1. The van der Waals surface area contributed by atoms with Gasteiger partial charge in [0.2, 0.25) is 10.0 Å². The van der Waals surface area contributed by atoms with Gasteiger partial charge in [-0.05, 0) is 51.8 Å². The Balaban J connectivity index is 1.69. The molecule has 0 atom stereocenters. The molecule has 2 N–H and O–H groups in total. The van der Waals surface area contributed by atoms with Crippen LogP contribution >= 0.6 is 15.9 Å². The first-order chi connectivity index (χ1) is 12.7. The Hall–Kier alpha value is -0.895. The van der Waals surface area contributed by atoms with Gasteiger partial charge in [-0.1, -0.05) is 33.5 Å². The summed E-state index contributed by atoms with van der Waals surface area (Å²) >= 11 is 3.35. The molecule has 1 aliphatic rings. The predicted octanol–water partition coefficient (Wildman–Crippen LogP) is 1.01. The van der Waals surface area contributed by atoms with Gasteiger partial charge in [-0.3, -0.25) is 4.79 Å². The van der Waals surface area contributed by atoms with Crippen LogP contribution in [0, 0.1) is 5.92 Å². The van der Waals surface area contributed by atoms with Crippen LogP contribution in [0.25, 0.3) is 0 Å². The van der Waals surface area contributed by atoms with Crippen LogP contribution in [-0.2, 0) is 10.0 Å². The highest BCUT2D eigenvalue weighted by molar-refractivity contribution is 9.10. The number of carbonyl (C=O) groups excluding carboxylic acids is 1. The number of hydrogen-bond acceptors (Lipinski definition) is 4. The molecule has 1 heterocycles. The number of halogens is 1. The van der Waals surface area contributed by atoms with Crippen LogP contribution in [0.2, 0.25) is 0 Å². The van der Waals surface area contributed by atoms with Gasteiger partial charge < -0.3 is 10.2 Å². The van der Waals surface area contributed by atoms with Crippen molar-refractivity contribution in [2.75, 3.05) is 32.7 Å². The fourth-order valence-corrected chi connectivity index (χ4v) is 4.23. The number of carbonyl (C=O) groups is 1. The van der Waals surface area contributed by atoms with Crippen LogP contribution in [0.3, 0.4) is 0 Å². The lowest BCUT2D eigenvalue weighted by Gasteiger charge is -2.32. The summed E-state index contributed by atoms with van der Waals surface area (Å²) in [6.07, 6.45) is 1.97. The molecule has 6 nitrogen and oxygen atoms in total. The van der Waals surface area contributed by atoms with Crippen LogP contribution in [0.1, 0.15) is 37.0 Å². The van der Waals surface area contributed by atoms with Gasteiger partial charge in [0.05, 0.1) is 5.25 Å². The first-order valence-corrected chi connectivity index (χ1v) is 11.6. The van der Waals surface area contributed by atoms with Crippen LogP contribution in [0.15, 0.2) is 22.7 Å². The zero-order valence-electron chi connectivity index (χ0n) is 15.9. The Morgan fingerprint density at radius 3 is 2.56 bits per heavy atom. The highest BCUT2D eigenvalue weighted by atomic mass is 79.9. The van der Waals surface area contributed by atoms with Crippen molar-refractivity contribution in [3.05, 3.63) is 28.2 Å². The Kier molecular flexibility index (Phi) is 8.33. The summed E-state index contributed by atoms with van der Waals surface area (Å²) in [5.41, 5.74) is 1.10. The molecule has 9 heteroatoms. The number of hydrogen-bond donors (Lipinski definition) is 2. The molecule has 0 spiro atoms. The van der Waals surface area contributed by atoms with Crippen LogP contribution in [0.5, 0.6) is 0 Å². The molecular formula is C18H27BBrN3O3S. The third kappa shape index (κ3) is 7.21. The van der Waals surface area contributed by atoms with Gasteiger partial charge in [-0.15, -0.1) is 0 Å². The van der Waals surface area contributed by atoms with E-state index < -0.39 is 15.3 Å². The number of nitrogens with one attached hydrogen (secondary N) is 2. The van der Waals surface area contributed by atoms with Crippen molar-refractivity contribution in [3.63, 3.8) is 0 Å². The van der Waals surface area contributed by atoms with E-state index in [2.05, 4.69) is 30.9 Å². The molecule has 1 saturated heterocycles. The molecule has 1 fully saturated rings. The average Bonchev–Trinajstić information content (AvgIpc) is 2.59. The fraction of sp³-hybridized carbons (Fsp3) is 0.611. The molecule has 1 amide bonds. The Morgan fingerprint density at radius 2 is 1.96 bits per heavy atom. The first kappa shape index (κ1) is 22.4. The Bertz CT molecular complexity index is 730. The van der Waals surface area contributed by atoms with Gasteiger partial charge >= 0.3 is 0 Å². The normalized spacial score (nSPS) is 16.6. The minimum atomic E-state index is -3.20. The molecule has 0 aromatic heterocycles. The standard InChI is InChI=1S/C18H27BBrN3O3S/c1-13(2)27(25,26)22-5-8-23-6-3-14(4-7-23)12-21-18(24)15-9-16(19)11-17(20)10-15/h9-11,13-14,22H,3-8,12H2,1-2H3,(H,21,24). The molecule has 148 valence electrons. The van der Waals surface area contributed by atoms with Crippen LogP contribution in [0.4, 0.5) is 0 Å². The number of sulfonamides is 1. The molecule has 0 unspecified atom stereocenters. The minimum absolute atomic E-state index is 0.117. The summed E-state index contributed by atoms with van der Waals surface area (Å²) in [6.45, 7) is 6.95. The number of amides is 1. The number of nitrogens with zero attached hydrogens (tertiary/aromatic N) is 1. The lowest BCUT2D eigenvalue weighted by Crippen LogP contribution is -2.42. The monoisotopic (exact) mass is 455 g/mol. The number of rotatable bonds is 8. The zero-order valence-corrected chi connectivity index (χ0v) is 18.3. The highest BCUT2D eigenvalue weighted by Crippen LogP contribution is 2.16. The molecule has 0 aliphatic carbocycles. The van der Waals surface area contributed by atoms with Gasteiger partial charge in [0.25, 0.3) is 5.91 Å². The summed E-state index contributed by atoms with van der Waals surface area (Å²) in [5.74, 6) is 0.315. The predicted molar refractivity (Wildman–Crippen MR) is 113 cm³/mol. The van der Waals surface area contributed by atoms with Gasteiger partial charge in [0.15, 0.2) is 0 Å². The van der Waals surface area contributed by atoms with E-state index in [1.54, 1.807) is 32.0 Å². The second-order valence-electron chi connectivity index (χ2n) is 7.26. The van der Waals surface area contributed by atoms with E-state index in [1.807, 2.05) is 0 Å². The van der Waals surface area contributed by atoms with Crippen molar-refractivity contribution in [2.45, 2.75) is 31.9 Å². The second kappa shape index (κ2) is 10.0. The van der Waals surface area contributed by atoms with Gasteiger partial charge in [0.1, 0.15) is 7.85 Å². The van der Waals surface area contributed by atoms with Gasteiger partial charge in [-0.25, -0.2) is 13.1 Å². The summed E-state index contributed by atoms with van der Waals surface area (Å²) in [6, 6.07) is 5.18. The lowest BCUT2D eigenvalue weighted by atomic mass is 9.94. The summed E-state index contributed by atoms with van der Waals surface area (Å²) < 4.78 is 26.9. The smallest absolute Gasteiger partial charge is 0.251 e. The maximum atomic E-state index is 12.3. The zero-order chi connectivity index (χ0) is 20.0. The van der Waals surface area contributed by atoms with Crippen molar-refractivity contribution < 1.29 is 13.2 Å². The van der Waals surface area contributed by atoms with Gasteiger partial charge in [-0.2, -0.15) is 0 Å². The molecule has 27 heavy (non-hydrogen) atoms. The van der Waals surface area contributed by atoms with Crippen molar-refractivity contribution in [1.82, 2.24) is 14.9 Å². The minimum Gasteiger partial charge on any atom is -0.352 e. The molecule has 1 aliphatic heterocycles. The topological polar surface area (TPSA) is 78.5 Å². The first-order valence-electron chi connectivity index (χ1n) is 9.22. The molecule has 1 aromatic rings. The van der Waals surface area contributed by atoms with Gasteiger partial charge in [0, 0.05) is 29.7 Å². The molecular weight excluding hydrogens is 429 g/mol. The largest absolute Gasteiger partial charge is 0.352 e. The van der Waals surface area contributed by atoms with Crippen LogP contribution < -0.4 is 15.5 Å². The van der Waals surface area contributed by atoms with Crippen molar-refractivity contribution in [2.24, 2.45) is 5.92 Å². The summed E-state index contributed by atoms with van der Waals surface area (Å²) in [4.78, 5) is 14.5. The maximum absolute atomic E-state index is 12.3. The van der Waals surface area contributed by atoms with E-state index in [-0.39, 0.29) is 5.91 Å². The van der Waals surface area contributed by atoms with Crippen molar-refractivity contribution in [3.8, 4) is 0 Å². The van der Waals surface area contributed by atoms with E-state index in [0.29, 0.717) is 36.6 Å². The van der Waals surface area contributed by atoms with Crippen molar-refractivity contribution in [1.29, 1.82) is 0 Å². The highest BCUT2D eigenvalue weighted by Gasteiger charge is 2.21. The molecule has 0 saturated carbocycles. The quantitative estimate of drug-likeness (QED) is 0.573. The maximum Gasteiger partial charge on any atom is 0.251 e. The third-order valence-electron chi connectivity index (χ3n) is 4.79. The van der Waals surface area contributed by atoms with E-state index >= 15 is 0 Å². The summed E-state index contributed by atoms with van der Waals surface area (Å²) in [7, 11) is 2.58. The fourth-order valence-electron chi connectivity index (χ4n) is 3.01. The van der Waals surface area contributed by atoms with E-state index in [0.717, 1.165) is 30.4 Å². The lowest BCUT2D eigenvalue weighted by molar-refractivity contribution is 0.0936. The number of piperidine rings is 1.